The average Bonchev–Trinajstić information content (AvgIpc) is 2.46. The number of amides is 1. The van der Waals surface area contributed by atoms with Gasteiger partial charge in [-0.3, -0.25) is 9.59 Å². The molecule has 1 unspecified atom stereocenters. The number of nitrogens with zero attached hydrogens (tertiary/aromatic N) is 1. The van der Waals surface area contributed by atoms with Crippen molar-refractivity contribution in [2.24, 2.45) is 5.92 Å². The van der Waals surface area contributed by atoms with Gasteiger partial charge in [-0.1, -0.05) is 42.5 Å². The topological polar surface area (TPSA) is 57.6 Å². The first kappa shape index (κ1) is 14.1. The molecule has 104 valence electrons. The molecule has 0 fully saturated rings. The molecule has 1 aliphatic carbocycles. The normalized spacial score (nSPS) is 16.9. The molecule has 4 heteroatoms. The Bertz CT molecular complexity index is 534. The summed E-state index contributed by atoms with van der Waals surface area (Å²) in [6, 6.07) is 9.19. The first-order valence-corrected chi connectivity index (χ1v) is 6.57. The van der Waals surface area contributed by atoms with Gasteiger partial charge in [0.25, 0.3) is 0 Å². The highest BCUT2D eigenvalue weighted by Gasteiger charge is 2.21. The number of carboxylic acids is 1. The summed E-state index contributed by atoms with van der Waals surface area (Å²) in [7, 11) is 0. The molecule has 0 spiro atoms. The van der Waals surface area contributed by atoms with E-state index in [-0.39, 0.29) is 11.8 Å². The highest BCUT2D eigenvalue weighted by atomic mass is 16.4. The van der Waals surface area contributed by atoms with Crippen molar-refractivity contribution in [1.82, 2.24) is 0 Å². The van der Waals surface area contributed by atoms with Crippen molar-refractivity contribution in [3.05, 3.63) is 54.6 Å². The Hall–Kier alpha value is -2.36. The van der Waals surface area contributed by atoms with Gasteiger partial charge in [0.1, 0.15) is 6.42 Å². The molecule has 1 aromatic rings. The summed E-state index contributed by atoms with van der Waals surface area (Å²) < 4.78 is 0. The number of carbonyl (C=O) groups excluding carboxylic acids is 1. The number of hydrogen-bond donors (Lipinski definition) is 1. The van der Waals surface area contributed by atoms with Crippen LogP contribution < -0.4 is 4.90 Å². The summed E-state index contributed by atoms with van der Waals surface area (Å²) in [5, 5.41) is 8.81. The first-order chi connectivity index (χ1) is 9.66. The highest BCUT2D eigenvalue weighted by molar-refractivity contribution is 6.02. The molecule has 1 aromatic carbocycles. The van der Waals surface area contributed by atoms with Crippen molar-refractivity contribution in [3.8, 4) is 0 Å². The monoisotopic (exact) mass is 271 g/mol. The van der Waals surface area contributed by atoms with Crippen LogP contribution in [0.3, 0.4) is 0 Å². The summed E-state index contributed by atoms with van der Waals surface area (Å²) in [6.45, 7) is 0.497. The van der Waals surface area contributed by atoms with E-state index in [1.807, 2.05) is 48.6 Å². The summed E-state index contributed by atoms with van der Waals surface area (Å²) >= 11 is 0. The molecule has 1 aliphatic rings. The molecule has 0 aliphatic heterocycles. The summed E-state index contributed by atoms with van der Waals surface area (Å²) in [5.74, 6) is -1.26. The van der Waals surface area contributed by atoms with Crippen LogP contribution in [0.4, 0.5) is 5.69 Å². The van der Waals surface area contributed by atoms with Crippen LogP contribution in [-0.4, -0.2) is 23.5 Å². The SMILES string of the molecule is O=C(O)CC(=O)N(CC1C=CC=CC1)c1ccccc1. The van der Waals surface area contributed by atoms with Gasteiger partial charge >= 0.3 is 5.97 Å². The molecule has 4 nitrogen and oxygen atoms in total. The number of para-hydroxylation sites is 1. The molecule has 20 heavy (non-hydrogen) atoms. The van der Waals surface area contributed by atoms with Crippen LogP contribution >= 0.6 is 0 Å². The first-order valence-electron chi connectivity index (χ1n) is 6.57. The molecule has 1 atom stereocenters. The van der Waals surface area contributed by atoms with Gasteiger partial charge in [0.05, 0.1) is 0 Å². The maximum atomic E-state index is 12.1. The number of benzene rings is 1. The van der Waals surface area contributed by atoms with Gasteiger partial charge in [-0.25, -0.2) is 0 Å². The summed E-state index contributed by atoms with van der Waals surface area (Å²) in [6.07, 6.45) is 8.41. The summed E-state index contributed by atoms with van der Waals surface area (Å²) in [5.41, 5.74) is 0.738. The lowest BCUT2D eigenvalue weighted by Crippen LogP contribution is -2.36. The Morgan fingerprint density at radius 1 is 1.20 bits per heavy atom. The minimum absolute atomic E-state index is 0.220. The standard InChI is InChI=1S/C16H17NO3/c18-15(11-16(19)20)17(14-9-5-2-6-10-14)12-13-7-3-1-4-8-13/h1-7,9-10,13H,8,11-12H2,(H,19,20). The Kier molecular flexibility index (Phi) is 4.71. The Labute approximate surface area is 118 Å². The Balaban J connectivity index is 2.15. The number of carboxylic acid groups (broad SMARTS) is 1. The minimum Gasteiger partial charge on any atom is -0.481 e. The van der Waals surface area contributed by atoms with Crippen molar-refractivity contribution in [2.75, 3.05) is 11.4 Å². The molecule has 0 heterocycles. The van der Waals surface area contributed by atoms with Crippen molar-refractivity contribution < 1.29 is 14.7 Å². The zero-order valence-corrected chi connectivity index (χ0v) is 11.1. The predicted molar refractivity (Wildman–Crippen MR) is 77.4 cm³/mol. The van der Waals surface area contributed by atoms with Crippen LogP contribution in [0.1, 0.15) is 12.8 Å². The maximum Gasteiger partial charge on any atom is 0.312 e. The van der Waals surface area contributed by atoms with Gasteiger partial charge in [0, 0.05) is 12.2 Å². The molecule has 2 rings (SSSR count). The Morgan fingerprint density at radius 3 is 2.55 bits per heavy atom. The van der Waals surface area contributed by atoms with Gasteiger partial charge in [0.15, 0.2) is 0 Å². The van der Waals surface area contributed by atoms with Crippen LogP contribution in [0.25, 0.3) is 0 Å². The van der Waals surface area contributed by atoms with Crippen LogP contribution in [0.15, 0.2) is 54.6 Å². The lowest BCUT2D eigenvalue weighted by molar-refractivity contribution is -0.140. The molecule has 1 N–H and O–H groups in total. The fourth-order valence-corrected chi connectivity index (χ4v) is 2.19. The number of rotatable bonds is 5. The lowest BCUT2D eigenvalue weighted by Gasteiger charge is -2.26. The van der Waals surface area contributed by atoms with E-state index in [0.717, 1.165) is 12.1 Å². The van der Waals surface area contributed by atoms with E-state index in [4.69, 9.17) is 5.11 Å². The number of carbonyl (C=O) groups is 2. The van der Waals surface area contributed by atoms with E-state index in [1.54, 1.807) is 4.90 Å². The van der Waals surface area contributed by atoms with E-state index in [9.17, 15) is 9.59 Å². The van der Waals surface area contributed by atoms with Crippen LogP contribution in [-0.2, 0) is 9.59 Å². The lowest BCUT2D eigenvalue weighted by atomic mass is 10.00. The maximum absolute atomic E-state index is 12.1. The van der Waals surface area contributed by atoms with E-state index in [1.165, 1.54) is 0 Å². The largest absolute Gasteiger partial charge is 0.481 e. The zero-order chi connectivity index (χ0) is 14.4. The van der Waals surface area contributed by atoms with Crippen molar-refractivity contribution >= 4 is 17.6 Å². The van der Waals surface area contributed by atoms with Gasteiger partial charge in [-0.2, -0.15) is 0 Å². The van der Waals surface area contributed by atoms with Crippen molar-refractivity contribution in [2.45, 2.75) is 12.8 Å². The number of hydrogen-bond acceptors (Lipinski definition) is 2. The fourth-order valence-electron chi connectivity index (χ4n) is 2.19. The van der Waals surface area contributed by atoms with Gasteiger partial charge in [0.2, 0.25) is 5.91 Å². The molecule has 0 bridgehead atoms. The van der Waals surface area contributed by atoms with Crippen molar-refractivity contribution in [1.29, 1.82) is 0 Å². The second-order valence-corrected chi connectivity index (χ2v) is 4.72. The summed E-state index contributed by atoms with van der Waals surface area (Å²) in [4.78, 5) is 24.5. The predicted octanol–water partition coefficient (Wildman–Crippen LogP) is 2.63. The molecule has 0 saturated carbocycles. The Morgan fingerprint density at radius 2 is 1.95 bits per heavy atom. The van der Waals surface area contributed by atoms with Crippen LogP contribution in [0, 0.1) is 5.92 Å². The third kappa shape index (κ3) is 3.82. The minimum atomic E-state index is -1.10. The quantitative estimate of drug-likeness (QED) is 0.837. The highest BCUT2D eigenvalue weighted by Crippen LogP contribution is 2.20. The average molecular weight is 271 g/mol. The van der Waals surface area contributed by atoms with E-state index < -0.39 is 12.4 Å². The van der Waals surface area contributed by atoms with Gasteiger partial charge in [-0.05, 0) is 24.5 Å². The second kappa shape index (κ2) is 6.70. The van der Waals surface area contributed by atoms with Crippen molar-refractivity contribution in [3.63, 3.8) is 0 Å². The molecule has 1 amide bonds. The third-order valence-electron chi connectivity index (χ3n) is 3.16. The third-order valence-corrected chi connectivity index (χ3v) is 3.16. The molecule has 0 saturated heterocycles. The zero-order valence-electron chi connectivity index (χ0n) is 11.1. The molecular weight excluding hydrogens is 254 g/mol. The van der Waals surface area contributed by atoms with E-state index >= 15 is 0 Å². The van der Waals surface area contributed by atoms with Crippen LogP contribution in [0.2, 0.25) is 0 Å². The number of allylic oxidation sites excluding steroid dienone is 3. The number of anilines is 1. The van der Waals surface area contributed by atoms with Gasteiger partial charge < -0.3 is 10.0 Å². The molecule has 0 radical (unpaired) electrons. The number of aliphatic carboxylic acids is 1. The smallest absolute Gasteiger partial charge is 0.312 e. The van der Waals surface area contributed by atoms with Gasteiger partial charge in [-0.15, -0.1) is 0 Å². The van der Waals surface area contributed by atoms with E-state index in [0.29, 0.717) is 6.54 Å². The second-order valence-electron chi connectivity index (χ2n) is 4.72. The molecule has 0 aromatic heterocycles. The van der Waals surface area contributed by atoms with Crippen LogP contribution in [0.5, 0.6) is 0 Å². The molecular formula is C16H17NO3. The fraction of sp³-hybridized carbons (Fsp3) is 0.250. The van der Waals surface area contributed by atoms with E-state index in [2.05, 4.69) is 6.08 Å².